The molecule has 1 unspecified atom stereocenters. The summed E-state index contributed by atoms with van der Waals surface area (Å²) in [6, 6.07) is 14.6. The minimum Gasteiger partial charge on any atom is -0.354 e. The van der Waals surface area contributed by atoms with Crippen LogP contribution >= 0.6 is 0 Å². The van der Waals surface area contributed by atoms with Crippen LogP contribution in [0.5, 0.6) is 0 Å². The van der Waals surface area contributed by atoms with E-state index in [1.54, 1.807) is 12.1 Å². The molecule has 138 valence electrons. The number of carbonyl (C=O) groups is 1. The first-order valence-electron chi connectivity index (χ1n) is 8.66. The minimum atomic E-state index is -0.449. The van der Waals surface area contributed by atoms with Gasteiger partial charge in [-0.05, 0) is 37.2 Å². The number of rotatable bonds is 8. The van der Waals surface area contributed by atoms with Crippen molar-refractivity contribution in [2.75, 3.05) is 20.6 Å². The van der Waals surface area contributed by atoms with Crippen molar-refractivity contribution in [3.8, 4) is 0 Å². The molecule has 0 saturated carbocycles. The largest absolute Gasteiger partial charge is 0.354 e. The Bertz CT molecular complexity index is 740. The summed E-state index contributed by atoms with van der Waals surface area (Å²) >= 11 is 0. The van der Waals surface area contributed by atoms with Crippen LogP contribution in [0, 0.1) is 10.1 Å². The molecule has 0 aliphatic rings. The number of aryl methyl sites for hydroxylation is 1. The molecule has 0 spiro atoms. The van der Waals surface area contributed by atoms with Gasteiger partial charge >= 0.3 is 0 Å². The average molecular weight is 355 g/mol. The van der Waals surface area contributed by atoms with Crippen molar-refractivity contribution in [1.82, 2.24) is 10.2 Å². The van der Waals surface area contributed by atoms with Crippen LogP contribution in [0.15, 0.2) is 48.5 Å². The summed E-state index contributed by atoms with van der Waals surface area (Å²) in [5.41, 5.74) is 3.22. The van der Waals surface area contributed by atoms with Crippen molar-refractivity contribution in [3.05, 3.63) is 75.3 Å². The molecule has 2 aromatic carbocycles. The summed E-state index contributed by atoms with van der Waals surface area (Å²) in [7, 11) is 3.97. The van der Waals surface area contributed by atoms with Crippen molar-refractivity contribution >= 4 is 11.6 Å². The second-order valence-electron chi connectivity index (χ2n) is 6.48. The van der Waals surface area contributed by atoms with E-state index >= 15 is 0 Å². The topological polar surface area (TPSA) is 75.5 Å². The van der Waals surface area contributed by atoms with Crippen LogP contribution in [0.3, 0.4) is 0 Å². The zero-order chi connectivity index (χ0) is 19.1. The highest BCUT2D eigenvalue weighted by molar-refractivity contribution is 5.78. The number of likely N-dealkylation sites (N-methyl/N-ethyl adjacent to an activating group) is 1. The van der Waals surface area contributed by atoms with E-state index in [9.17, 15) is 14.9 Å². The first kappa shape index (κ1) is 19.6. The van der Waals surface area contributed by atoms with Crippen molar-refractivity contribution in [2.45, 2.75) is 25.8 Å². The van der Waals surface area contributed by atoms with E-state index in [1.807, 2.05) is 14.1 Å². The summed E-state index contributed by atoms with van der Waals surface area (Å²) in [6.45, 7) is 2.63. The molecule has 0 fully saturated rings. The van der Waals surface area contributed by atoms with Crippen molar-refractivity contribution in [3.63, 3.8) is 0 Å². The quantitative estimate of drug-likeness (QED) is 0.583. The fraction of sp³-hybridized carbons (Fsp3) is 0.350. The Balaban J connectivity index is 1.95. The molecule has 0 aromatic heterocycles. The third kappa shape index (κ3) is 5.39. The Labute approximate surface area is 154 Å². The number of nitro groups is 1. The van der Waals surface area contributed by atoms with Crippen molar-refractivity contribution in [1.29, 1.82) is 0 Å². The highest BCUT2D eigenvalue weighted by atomic mass is 16.6. The van der Waals surface area contributed by atoms with Gasteiger partial charge in [0.2, 0.25) is 5.91 Å². The van der Waals surface area contributed by atoms with Crippen LogP contribution in [-0.2, 0) is 17.6 Å². The van der Waals surface area contributed by atoms with Gasteiger partial charge in [0.25, 0.3) is 5.69 Å². The molecule has 0 heterocycles. The number of amides is 1. The Morgan fingerprint density at radius 2 is 1.65 bits per heavy atom. The maximum atomic E-state index is 12.2. The molecule has 0 bridgehead atoms. The summed E-state index contributed by atoms with van der Waals surface area (Å²) < 4.78 is 0. The second-order valence-corrected chi connectivity index (χ2v) is 6.48. The van der Waals surface area contributed by atoms with E-state index in [1.165, 1.54) is 17.7 Å². The number of carbonyl (C=O) groups excluding carboxylic acids is 1. The zero-order valence-corrected chi connectivity index (χ0v) is 15.4. The van der Waals surface area contributed by atoms with Crippen LogP contribution in [0.1, 0.15) is 29.7 Å². The van der Waals surface area contributed by atoms with E-state index in [2.05, 4.69) is 41.4 Å². The number of nitrogens with zero attached hydrogens (tertiary/aromatic N) is 2. The van der Waals surface area contributed by atoms with Gasteiger partial charge in [-0.2, -0.15) is 0 Å². The molecule has 0 aliphatic carbocycles. The molecule has 1 amide bonds. The van der Waals surface area contributed by atoms with Gasteiger partial charge in [0, 0.05) is 18.7 Å². The van der Waals surface area contributed by atoms with E-state index in [-0.39, 0.29) is 24.1 Å². The molecule has 1 atom stereocenters. The Hall–Kier alpha value is -2.73. The lowest BCUT2D eigenvalue weighted by Crippen LogP contribution is -2.35. The molecule has 1 N–H and O–H groups in total. The van der Waals surface area contributed by atoms with Gasteiger partial charge in [-0.15, -0.1) is 0 Å². The molecule has 0 radical (unpaired) electrons. The van der Waals surface area contributed by atoms with E-state index < -0.39 is 4.92 Å². The van der Waals surface area contributed by atoms with Crippen molar-refractivity contribution < 1.29 is 9.72 Å². The summed E-state index contributed by atoms with van der Waals surface area (Å²) in [5, 5.41) is 13.6. The third-order valence-corrected chi connectivity index (χ3v) is 4.40. The molecule has 2 rings (SSSR count). The first-order valence-corrected chi connectivity index (χ1v) is 8.66. The fourth-order valence-corrected chi connectivity index (χ4v) is 2.77. The summed E-state index contributed by atoms with van der Waals surface area (Å²) in [5.74, 6) is -0.101. The Kier molecular flexibility index (Phi) is 6.86. The van der Waals surface area contributed by atoms with Crippen LogP contribution in [-0.4, -0.2) is 36.4 Å². The highest BCUT2D eigenvalue weighted by Crippen LogP contribution is 2.18. The van der Waals surface area contributed by atoms with Crippen LogP contribution in [0.2, 0.25) is 0 Å². The Morgan fingerprint density at radius 3 is 2.15 bits per heavy atom. The smallest absolute Gasteiger partial charge is 0.269 e. The van der Waals surface area contributed by atoms with Gasteiger partial charge in [-0.3, -0.25) is 14.9 Å². The molecular formula is C20H25N3O3. The minimum absolute atomic E-state index is 0.0253. The Morgan fingerprint density at radius 1 is 1.08 bits per heavy atom. The van der Waals surface area contributed by atoms with Crippen LogP contribution in [0.25, 0.3) is 0 Å². The van der Waals surface area contributed by atoms with Gasteiger partial charge in [0.15, 0.2) is 0 Å². The number of benzene rings is 2. The number of nitro benzene ring substituents is 1. The van der Waals surface area contributed by atoms with E-state index in [0.29, 0.717) is 6.54 Å². The fourth-order valence-electron chi connectivity index (χ4n) is 2.77. The predicted molar refractivity (Wildman–Crippen MR) is 102 cm³/mol. The van der Waals surface area contributed by atoms with E-state index in [4.69, 9.17) is 0 Å². The molecule has 2 aromatic rings. The maximum Gasteiger partial charge on any atom is 0.269 e. The molecular weight excluding hydrogens is 330 g/mol. The predicted octanol–water partition coefficient (Wildman–Crippen LogP) is 3.12. The highest BCUT2D eigenvalue weighted by Gasteiger charge is 2.15. The summed E-state index contributed by atoms with van der Waals surface area (Å²) in [4.78, 5) is 24.5. The first-order chi connectivity index (χ1) is 12.4. The lowest BCUT2D eigenvalue weighted by molar-refractivity contribution is -0.384. The molecule has 6 heteroatoms. The van der Waals surface area contributed by atoms with Gasteiger partial charge in [-0.1, -0.05) is 43.3 Å². The van der Waals surface area contributed by atoms with Crippen LogP contribution in [0.4, 0.5) is 5.69 Å². The van der Waals surface area contributed by atoms with Gasteiger partial charge in [-0.25, -0.2) is 0 Å². The zero-order valence-electron chi connectivity index (χ0n) is 15.4. The average Bonchev–Trinajstić information content (AvgIpc) is 2.62. The number of hydrogen-bond donors (Lipinski definition) is 1. The second kappa shape index (κ2) is 9.10. The maximum absolute atomic E-state index is 12.2. The lowest BCUT2D eigenvalue weighted by Gasteiger charge is -2.25. The number of non-ortho nitro benzene ring substituents is 1. The molecule has 0 aliphatic heterocycles. The van der Waals surface area contributed by atoms with E-state index in [0.717, 1.165) is 17.5 Å². The number of hydrogen-bond acceptors (Lipinski definition) is 4. The van der Waals surface area contributed by atoms with Crippen molar-refractivity contribution in [2.24, 2.45) is 0 Å². The molecule has 6 nitrogen and oxygen atoms in total. The standard InChI is InChI=1S/C20H25N3O3/c1-4-15-5-9-17(10-6-15)19(22(2)3)14-21-20(24)13-16-7-11-18(12-8-16)23(25)26/h5-12,19H,4,13-14H2,1-3H3,(H,21,24). The van der Waals surface area contributed by atoms with Gasteiger partial charge < -0.3 is 10.2 Å². The monoisotopic (exact) mass is 355 g/mol. The molecule has 0 saturated heterocycles. The van der Waals surface area contributed by atoms with Gasteiger partial charge in [0.1, 0.15) is 0 Å². The summed E-state index contributed by atoms with van der Waals surface area (Å²) in [6.07, 6.45) is 1.20. The van der Waals surface area contributed by atoms with Crippen LogP contribution < -0.4 is 5.32 Å². The molecule has 26 heavy (non-hydrogen) atoms. The third-order valence-electron chi connectivity index (χ3n) is 4.40. The normalized spacial score (nSPS) is 12.0. The lowest BCUT2D eigenvalue weighted by atomic mass is 10.0. The SMILES string of the molecule is CCc1ccc(C(CNC(=O)Cc2ccc([N+](=O)[O-])cc2)N(C)C)cc1. The van der Waals surface area contributed by atoms with Gasteiger partial charge in [0.05, 0.1) is 17.4 Å². The number of nitrogens with one attached hydrogen (secondary N) is 1.